The zero-order chi connectivity index (χ0) is 22.7. The second-order valence-electron chi connectivity index (χ2n) is 6.69. The van der Waals surface area contributed by atoms with Crippen molar-refractivity contribution in [2.24, 2.45) is 0 Å². The molecule has 1 atom stereocenters. The number of sulfonamides is 1. The van der Waals surface area contributed by atoms with Crippen molar-refractivity contribution < 1.29 is 31.1 Å². The third kappa shape index (κ3) is 6.27. The predicted molar refractivity (Wildman–Crippen MR) is 107 cm³/mol. The first kappa shape index (κ1) is 23.8. The molecule has 2 aromatic carbocycles. The summed E-state index contributed by atoms with van der Waals surface area (Å²) in [5.41, 5.74) is -1.44. The van der Waals surface area contributed by atoms with Crippen LogP contribution in [0.3, 0.4) is 0 Å². The van der Waals surface area contributed by atoms with E-state index in [-0.39, 0.29) is 27.6 Å². The Morgan fingerprint density at radius 1 is 1.07 bits per heavy atom. The van der Waals surface area contributed by atoms with Gasteiger partial charge in [0.1, 0.15) is 5.75 Å². The molecule has 2 rings (SSSR count). The molecule has 0 saturated heterocycles. The molecule has 0 fully saturated rings. The second-order valence-corrected chi connectivity index (χ2v) is 8.78. The van der Waals surface area contributed by atoms with Gasteiger partial charge in [-0.15, -0.1) is 0 Å². The van der Waals surface area contributed by atoms with E-state index in [1.807, 2.05) is 0 Å². The number of hydrogen-bond acceptors (Lipinski definition) is 4. The Morgan fingerprint density at radius 2 is 1.67 bits per heavy atom. The van der Waals surface area contributed by atoms with Gasteiger partial charge in [-0.25, -0.2) is 8.42 Å². The molecule has 1 amide bonds. The van der Waals surface area contributed by atoms with Crippen LogP contribution >= 0.6 is 11.6 Å². The quantitative estimate of drug-likeness (QED) is 0.634. The fourth-order valence-corrected chi connectivity index (χ4v) is 3.63. The van der Waals surface area contributed by atoms with Crippen LogP contribution in [0.25, 0.3) is 0 Å². The van der Waals surface area contributed by atoms with Gasteiger partial charge < -0.3 is 10.1 Å². The average Bonchev–Trinajstić information content (AvgIpc) is 2.62. The molecule has 0 spiro atoms. The SMILES string of the molecule is CC(C)NC(=O)[C@@H](C)Oc1ccc(S(=O)(=O)Nc2cc(C(F)(F)F)ccc2Cl)cc1. The van der Waals surface area contributed by atoms with Crippen molar-refractivity contribution in [2.75, 3.05) is 4.72 Å². The van der Waals surface area contributed by atoms with Crippen LogP contribution in [-0.2, 0) is 21.0 Å². The van der Waals surface area contributed by atoms with Crippen LogP contribution in [0, 0.1) is 0 Å². The zero-order valence-corrected chi connectivity index (χ0v) is 17.8. The third-order valence-corrected chi connectivity index (χ3v) is 5.50. The molecule has 0 radical (unpaired) electrons. The summed E-state index contributed by atoms with van der Waals surface area (Å²) in [6.45, 7) is 5.14. The lowest BCUT2D eigenvalue weighted by Gasteiger charge is -2.17. The van der Waals surface area contributed by atoms with Crippen LogP contribution < -0.4 is 14.8 Å². The molecule has 0 unspecified atom stereocenters. The molecule has 164 valence electrons. The Morgan fingerprint density at radius 3 is 2.20 bits per heavy atom. The molecule has 0 aromatic heterocycles. The third-order valence-electron chi connectivity index (χ3n) is 3.79. The van der Waals surface area contributed by atoms with Crippen LogP contribution in [-0.4, -0.2) is 26.5 Å². The maximum Gasteiger partial charge on any atom is 0.416 e. The number of benzene rings is 2. The van der Waals surface area contributed by atoms with E-state index in [9.17, 15) is 26.4 Å². The Bertz CT molecular complexity index is 1010. The van der Waals surface area contributed by atoms with Crippen LogP contribution in [0.5, 0.6) is 5.75 Å². The molecule has 0 bridgehead atoms. The molecule has 0 saturated carbocycles. The Labute approximate surface area is 177 Å². The van der Waals surface area contributed by atoms with Crippen LogP contribution in [0.15, 0.2) is 47.4 Å². The van der Waals surface area contributed by atoms with E-state index in [1.165, 1.54) is 24.3 Å². The summed E-state index contributed by atoms with van der Waals surface area (Å²) in [4.78, 5) is 11.7. The summed E-state index contributed by atoms with van der Waals surface area (Å²) in [5.74, 6) is -0.0833. The van der Waals surface area contributed by atoms with Crippen LogP contribution in [0.4, 0.5) is 18.9 Å². The van der Waals surface area contributed by atoms with Gasteiger partial charge >= 0.3 is 6.18 Å². The minimum absolute atomic E-state index is 0.0650. The minimum atomic E-state index is -4.65. The summed E-state index contributed by atoms with van der Waals surface area (Å²) < 4.78 is 71.2. The largest absolute Gasteiger partial charge is 0.481 e. The number of carbonyl (C=O) groups is 1. The van der Waals surface area contributed by atoms with Gasteiger partial charge in [-0.2, -0.15) is 13.2 Å². The molecule has 2 aromatic rings. The smallest absolute Gasteiger partial charge is 0.416 e. The number of anilines is 1. The standard InChI is InChI=1S/C19H20ClF3N2O4S/c1-11(2)24-18(26)12(3)29-14-5-7-15(8-6-14)30(27,28)25-17-10-13(19(21,22)23)4-9-16(17)20/h4-12,25H,1-3H3,(H,24,26)/t12-/m1/s1. The molecule has 0 aliphatic heterocycles. The maximum absolute atomic E-state index is 12.9. The van der Waals surface area contributed by atoms with Crippen molar-refractivity contribution in [3.8, 4) is 5.75 Å². The summed E-state index contributed by atoms with van der Waals surface area (Å²) >= 11 is 5.84. The molecule has 0 aliphatic rings. The molecule has 0 heterocycles. The normalized spacial score (nSPS) is 13.1. The number of amides is 1. The van der Waals surface area contributed by atoms with E-state index in [0.29, 0.717) is 6.07 Å². The maximum atomic E-state index is 12.9. The van der Waals surface area contributed by atoms with Crippen molar-refractivity contribution in [1.29, 1.82) is 0 Å². The highest BCUT2D eigenvalue weighted by Crippen LogP contribution is 2.34. The zero-order valence-electron chi connectivity index (χ0n) is 16.2. The number of nitrogens with one attached hydrogen (secondary N) is 2. The minimum Gasteiger partial charge on any atom is -0.481 e. The number of halogens is 4. The number of carbonyl (C=O) groups excluding carboxylic acids is 1. The molecule has 30 heavy (non-hydrogen) atoms. The van der Waals surface area contributed by atoms with Crippen molar-refractivity contribution in [3.05, 3.63) is 53.1 Å². The van der Waals surface area contributed by atoms with Gasteiger partial charge in [0.2, 0.25) is 0 Å². The van der Waals surface area contributed by atoms with Gasteiger partial charge in [-0.3, -0.25) is 9.52 Å². The summed E-state index contributed by atoms with van der Waals surface area (Å²) in [7, 11) is -4.21. The molecule has 6 nitrogen and oxygen atoms in total. The van der Waals surface area contributed by atoms with E-state index < -0.39 is 33.6 Å². The second kappa shape index (κ2) is 9.13. The fraction of sp³-hybridized carbons (Fsp3) is 0.316. The van der Waals surface area contributed by atoms with Gasteiger partial charge in [0.15, 0.2) is 6.10 Å². The molecule has 0 aliphatic carbocycles. The highest BCUT2D eigenvalue weighted by Gasteiger charge is 2.31. The van der Waals surface area contributed by atoms with E-state index >= 15 is 0 Å². The molecular formula is C19H20ClF3N2O4S. The summed E-state index contributed by atoms with van der Waals surface area (Å²) in [6.07, 6.45) is -5.46. The Kier molecular flexibility index (Phi) is 7.25. The lowest BCUT2D eigenvalue weighted by Crippen LogP contribution is -2.40. The van der Waals surface area contributed by atoms with Gasteiger partial charge in [0.25, 0.3) is 15.9 Å². The summed E-state index contributed by atoms with van der Waals surface area (Å²) in [5, 5.41) is 2.50. The molecular weight excluding hydrogens is 445 g/mol. The van der Waals surface area contributed by atoms with Gasteiger partial charge in [-0.05, 0) is 63.2 Å². The summed E-state index contributed by atoms with van der Waals surface area (Å²) in [6, 6.07) is 7.34. The van der Waals surface area contributed by atoms with E-state index in [1.54, 1.807) is 20.8 Å². The first-order chi connectivity index (χ1) is 13.8. The van der Waals surface area contributed by atoms with Crippen molar-refractivity contribution in [2.45, 2.75) is 44.0 Å². The van der Waals surface area contributed by atoms with E-state index in [4.69, 9.17) is 16.3 Å². The van der Waals surface area contributed by atoms with E-state index in [0.717, 1.165) is 12.1 Å². The molecule has 2 N–H and O–H groups in total. The van der Waals surface area contributed by atoms with Crippen LogP contribution in [0.1, 0.15) is 26.3 Å². The molecule has 11 heteroatoms. The highest BCUT2D eigenvalue weighted by molar-refractivity contribution is 7.92. The van der Waals surface area contributed by atoms with E-state index in [2.05, 4.69) is 10.0 Å². The lowest BCUT2D eigenvalue weighted by atomic mass is 10.2. The topological polar surface area (TPSA) is 84.5 Å². The monoisotopic (exact) mass is 464 g/mol. The Balaban J connectivity index is 2.17. The number of ether oxygens (including phenoxy) is 1. The number of alkyl halides is 3. The predicted octanol–water partition coefficient (Wildman–Crippen LogP) is 4.45. The first-order valence-corrected chi connectivity index (χ1v) is 10.6. The number of hydrogen-bond donors (Lipinski definition) is 2. The Hall–Kier alpha value is -2.46. The lowest BCUT2D eigenvalue weighted by molar-refractivity contribution is -0.137. The average molecular weight is 465 g/mol. The van der Waals surface area contributed by atoms with Crippen molar-refractivity contribution >= 4 is 33.2 Å². The van der Waals surface area contributed by atoms with Crippen molar-refractivity contribution in [3.63, 3.8) is 0 Å². The van der Waals surface area contributed by atoms with Crippen molar-refractivity contribution in [1.82, 2.24) is 5.32 Å². The first-order valence-electron chi connectivity index (χ1n) is 8.76. The van der Waals surface area contributed by atoms with Gasteiger partial charge in [-0.1, -0.05) is 11.6 Å². The number of rotatable bonds is 7. The van der Waals surface area contributed by atoms with Gasteiger partial charge in [0.05, 0.1) is 21.2 Å². The van der Waals surface area contributed by atoms with Crippen LogP contribution in [0.2, 0.25) is 5.02 Å². The highest BCUT2D eigenvalue weighted by atomic mass is 35.5. The van der Waals surface area contributed by atoms with Gasteiger partial charge in [0, 0.05) is 6.04 Å². The fourth-order valence-electron chi connectivity index (χ4n) is 2.34.